The first-order valence-corrected chi connectivity index (χ1v) is 11.5. The molecule has 0 fully saturated rings. The van der Waals surface area contributed by atoms with Gasteiger partial charge in [0.1, 0.15) is 5.75 Å². The number of carbonyl (C=O) groups excluding carboxylic acids is 1. The number of para-hydroxylation sites is 1. The molecule has 0 unspecified atom stereocenters. The quantitative estimate of drug-likeness (QED) is 0.380. The van der Waals surface area contributed by atoms with Gasteiger partial charge in [-0.25, -0.2) is 4.99 Å². The van der Waals surface area contributed by atoms with Crippen LogP contribution in [0.15, 0.2) is 77.1 Å². The maximum Gasteiger partial charge on any atom is 0.262 e. The van der Waals surface area contributed by atoms with Gasteiger partial charge in [0, 0.05) is 16.0 Å². The lowest BCUT2D eigenvalue weighted by atomic mass is 10.1. The zero-order valence-electron chi connectivity index (χ0n) is 16.7. The first-order valence-electron chi connectivity index (χ1n) is 9.86. The molecule has 1 amide bonds. The number of amides is 1. The summed E-state index contributed by atoms with van der Waals surface area (Å²) < 4.78 is 7.63. The van der Waals surface area contributed by atoms with E-state index in [0.29, 0.717) is 33.7 Å². The number of thiazole rings is 1. The lowest BCUT2D eigenvalue weighted by Gasteiger charge is -2.19. The highest BCUT2D eigenvalue weighted by Crippen LogP contribution is 2.33. The van der Waals surface area contributed by atoms with Crippen LogP contribution < -0.4 is 14.9 Å². The van der Waals surface area contributed by atoms with Crippen LogP contribution in [0.25, 0.3) is 11.3 Å². The van der Waals surface area contributed by atoms with E-state index in [9.17, 15) is 4.79 Å². The summed E-state index contributed by atoms with van der Waals surface area (Å²) >= 11 is 14.0. The van der Waals surface area contributed by atoms with Gasteiger partial charge in [-0.15, -0.1) is 11.3 Å². The molecule has 32 heavy (non-hydrogen) atoms. The number of ether oxygens (including phenoxy) is 1. The highest BCUT2D eigenvalue weighted by molar-refractivity contribution is 7.07. The SMILES string of the molecule is O=C1COc2ccc(-c3csc(=Nc4ccccc4Cl)n3Cc3ccc(Cl)cc3)cc2N1. The molecule has 5 rings (SSSR count). The molecule has 160 valence electrons. The van der Waals surface area contributed by atoms with Crippen LogP contribution in [0.5, 0.6) is 5.75 Å². The number of hydrogen-bond donors (Lipinski definition) is 1. The molecule has 0 atom stereocenters. The fourth-order valence-electron chi connectivity index (χ4n) is 3.46. The number of fused-ring (bicyclic) bond motifs is 1. The minimum atomic E-state index is -0.164. The van der Waals surface area contributed by atoms with Crippen LogP contribution >= 0.6 is 34.5 Å². The predicted molar refractivity (Wildman–Crippen MR) is 129 cm³/mol. The summed E-state index contributed by atoms with van der Waals surface area (Å²) in [6, 6.07) is 21.0. The van der Waals surface area contributed by atoms with E-state index in [2.05, 4.69) is 15.3 Å². The molecule has 0 saturated heterocycles. The van der Waals surface area contributed by atoms with E-state index >= 15 is 0 Å². The Bertz CT molecular complexity index is 1380. The summed E-state index contributed by atoms with van der Waals surface area (Å²) in [6.45, 7) is 0.626. The zero-order chi connectivity index (χ0) is 22.1. The van der Waals surface area contributed by atoms with E-state index in [1.807, 2.05) is 66.7 Å². The van der Waals surface area contributed by atoms with Gasteiger partial charge in [-0.2, -0.15) is 0 Å². The van der Waals surface area contributed by atoms with E-state index in [4.69, 9.17) is 32.9 Å². The number of nitrogens with one attached hydrogen (secondary N) is 1. The minimum Gasteiger partial charge on any atom is -0.482 e. The molecule has 0 saturated carbocycles. The van der Waals surface area contributed by atoms with Crippen molar-refractivity contribution < 1.29 is 9.53 Å². The van der Waals surface area contributed by atoms with Gasteiger partial charge in [-0.3, -0.25) is 4.79 Å². The zero-order valence-corrected chi connectivity index (χ0v) is 19.0. The van der Waals surface area contributed by atoms with Crippen molar-refractivity contribution in [1.82, 2.24) is 4.57 Å². The van der Waals surface area contributed by atoms with Gasteiger partial charge in [-0.1, -0.05) is 47.5 Å². The van der Waals surface area contributed by atoms with E-state index < -0.39 is 0 Å². The van der Waals surface area contributed by atoms with Crippen LogP contribution in [-0.4, -0.2) is 17.1 Å². The average molecular weight is 482 g/mol. The van der Waals surface area contributed by atoms with Gasteiger partial charge in [-0.05, 0) is 48.0 Å². The van der Waals surface area contributed by atoms with Gasteiger partial charge in [0.25, 0.3) is 5.91 Å². The normalized spacial score (nSPS) is 13.4. The highest BCUT2D eigenvalue weighted by atomic mass is 35.5. The van der Waals surface area contributed by atoms with Crippen LogP contribution in [0.1, 0.15) is 5.56 Å². The van der Waals surface area contributed by atoms with Crippen LogP contribution in [0.2, 0.25) is 10.0 Å². The fourth-order valence-corrected chi connectivity index (χ4v) is 4.69. The number of nitrogens with zero attached hydrogens (tertiary/aromatic N) is 2. The summed E-state index contributed by atoms with van der Waals surface area (Å²) in [4.78, 5) is 17.4. The van der Waals surface area contributed by atoms with Crippen molar-refractivity contribution in [3.05, 3.63) is 92.5 Å². The number of rotatable bonds is 4. The van der Waals surface area contributed by atoms with Crippen LogP contribution in [0.3, 0.4) is 0 Å². The number of benzene rings is 3. The summed E-state index contributed by atoms with van der Waals surface area (Å²) in [6.07, 6.45) is 0. The van der Waals surface area contributed by atoms with E-state index in [0.717, 1.165) is 21.6 Å². The second-order valence-electron chi connectivity index (χ2n) is 7.23. The predicted octanol–water partition coefficient (Wildman–Crippen LogP) is 6.14. The molecule has 3 aromatic carbocycles. The monoisotopic (exact) mass is 481 g/mol. The molecule has 4 aromatic rings. The third kappa shape index (κ3) is 4.30. The maximum atomic E-state index is 11.8. The Morgan fingerprint density at radius 1 is 1.06 bits per heavy atom. The number of anilines is 1. The van der Waals surface area contributed by atoms with Crippen LogP contribution in [-0.2, 0) is 11.3 Å². The molecular formula is C24H17Cl2N3O2S. The molecular weight excluding hydrogens is 465 g/mol. The minimum absolute atomic E-state index is 0.0300. The molecule has 5 nitrogen and oxygen atoms in total. The highest BCUT2D eigenvalue weighted by Gasteiger charge is 2.18. The lowest BCUT2D eigenvalue weighted by molar-refractivity contribution is -0.118. The molecule has 2 heterocycles. The molecule has 1 N–H and O–H groups in total. The molecule has 1 aromatic heterocycles. The van der Waals surface area contributed by atoms with Gasteiger partial charge < -0.3 is 14.6 Å². The lowest BCUT2D eigenvalue weighted by Crippen LogP contribution is -2.25. The summed E-state index contributed by atoms with van der Waals surface area (Å²) in [5, 5.41) is 6.21. The topological polar surface area (TPSA) is 55.6 Å². The van der Waals surface area contributed by atoms with Crippen molar-refractivity contribution in [2.45, 2.75) is 6.54 Å². The Balaban J connectivity index is 1.64. The third-order valence-corrected chi connectivity index (χ3v) is 6.46. The van der Waals surface area contributed by atoms with Gasteiger partial charge in [0.2, 0.25) is 0 Å². The first-order chi connectivity index (χ1) is 15.6. The maximum absolute atomic E-state index is 11.8. The van der Waals surface area contributed by atoms with Crippen molar-refractivity contribution in [2.24, 2.45) is 4.99 Å². The number of carbonyl (C=O) groups is 1. The Kier molecular flexibility index (Phi) is 5.74. The standard InChI is InChI=1S/C24H17Cl2N3O2S/c25-17-8-5-15(6-9-17)12-29-21(14-32-24(29)28-19-4-2-1-3-18(19)26)16-7-10-22-20(11-16)27-23(30)13-31-22/h1-11,14H,12-13H2,(H,27,30). The molecule has 8 heteroatoms. The summed E-state index contributed by atoms with van der Waals surface area (Å²) in [7, 11) is 0. The second-order valence-corrected chi connectivity index (χ2v) is 8.91. The summed E-state index contributed by atoms with van der Waals surface area (Å²) in [5.41, 5.74) is 4.37. The summed E-state index contributed by atoms with van der Waals surface area (Å²) in [5.74, 6) is 0.497. The van der Waals surface area contributed by atoms with E-state index in [1.54, 1.807) is 0 Å². The average Bonchev–Trinajstić information content (AvgIpc) is 3.18. The van der Waals surface area contributed by atoms with Crippen LogP contribution in [0.4, 0.5) is 11.4 Å². The Morgan fingerprint density at radius 3 is 2.69 bits per heavy atom. The van der Waals surface area contributed by atoms with Gasteiger partial charge in [0.05, 0.1) is 28.6 Å². The van der Waals surface area contributed by atoms with Gasteiger partial charge in [0.15, 0.2) is 11.4 Å². The van der Waals surface area contributed by atoms with Crippen molar-refractivity contribution >= 4 is 51.8 Å². The van der Waals surface area contributed by atoms with Crippen molar-refractivity contribution in [1.29, 1.82) is 0 Å². The number of aromatic nitrogens is 1. The van der Waals surface area contributed by atoms with Crippen molar-refractivity contribution in [3.8, 4) is 17.0 Å². The molecule has 0 bridgehead atoms. The molecule has 0 spiro atoms. The number of halogens is 2. The second kappa shape index (κ2) is 8.82. The fraction of sp³-hybridized carbons (Fsp3) is 0.0833. The van der Waals surface area contributed by atoms with Crippen molar-refractivity contribution in [3.63, 3.8) is 0 Å². The molecule has 1 aliphatic rings. The van der Waals surface area contributed by atoms with Crippen LogP contribution in [0, 0.1) is 0 Å². The first kappa shape index (κ1) is 20.8. The number of hydrogen-bond acceptors (Lipinski definition) is 4. The smallest absolute Gasteiger partial charge is 0.262 e. The van der Waals surface area contributed by atoms with E-state index in [-0.39, 0.29) is 12.5 Å². The van der Waals surface area contributed by atoms with E-state index in [1.165, 1.54) is 11.3 Å². The Morgan fingerprint density at radius 2 is 1.88 bits per heavy atom. The molecule has 0 aliphatic carbocycles. The molecule has 1 aliphatic heterocycles. The van der Waals surface area contributed by atoms with Gasteiger partial charge >= 0.3 is 0 Å². The Hall–Kier alpha value is -3.06. The Labute approximate surface area is 198 Å². The molecule has 0 radical (unpaired) electrons. The third-order valence-electron chi connectivity index (χ3n) is 5.03. The van der Waals surface area contributed by atoms with Crippen molar-refractivity contribution in [2.75, 3.05) is 11.9 Å². The largest absolute Gasteiger partial charge is 0.482 e.